The van der Waals surface area contributed by atoms with E-state index in [1.165, 1.54) is 16.0 Å². The van der Waals surface area contributed by atoms with Gasteiger partial charge in [0.2, 0.25) is 0 Å². The maximum Gasteiger partial charge on any atom is 0.317 e. The van der Waals surface area contributed by atoms with Crippen LogP contribution in [-0.4, -0.2) is 42.3 Å². The number of aliphatic hydroxyl groups is 1. The summed E-state index contributed by atoms with van der Waals surface area (Å²) in [6.45, 7) is 4.82. The smallest absolute Gasteiger partial charge is 0.317 e. The Morgan fingerprint density at radius 2 is 2.10 bits per heavy atom. The van der Waals surface area contributed by atoms with Crippen LogP contribution in [0.1, 0.15) is 30.9 Å². The highest BCUT2D eigenvalue weighted by Gasteiger charge is 2.45. The van der Waals surface area contributed by atoms with Crippen LogP contribution in [0, 0.1) is 6.92 Å². The Hall–Kier alpha value is -1.55. The molecule has 20 heavy (non-hydrogen) atoms. The number of nitrogens with zero attached hydrogens (tertiary/aromatic N) is 1. The molecule has 0 radical (unpaired) electrons. The molecular formula is C16H24N2O2. The van der Waals surface area contributed by atoms with Crippen molar-refractivity contribution in [3.05, 3.63) is 35.4 Å². The van der Waals surface area contributed by atoms with Crippen LogP contribution in [-0.2, 0) is 5.41 Å². The van der Waals surface area contributed by atoms with E-state index in [1.807, 2.05) is 6.07 Å². The number of urea groups is 1. The van der Waals surface area contributed by atoms with Crippen LogP contribution in [0.5, 0.6) is 0 Å². The lowest BCUT2D eigenvalue weighted by atomic mass is 9.92. The highest BCUT2D eigenvalue weighted by atomic mass is 16.3. The number of aliphatic hydroxyl groups excluding tert-OH is 1. The third-order valence-corrected chi connectivity index (χ3v) is 4.03. The van der Waals surface area contributed by atoms with Crippen LogP contribution in [0.4, 0.5) is 4.79 Å². The van der Waals surface area contributed by atoms with Gasteiger partial charge in [-0.2, -0.15) is 0 Å². The molecule has 1 fully saturated rings. The van der Waals surface area contributed by atoms with Crippen molar-refractivity contribution in [3.8, 4) is 0 Å². The molecule has 2 rings (SSSR count). The summed E-state index contributed by atoms with van der Waals surface area (Å²) in [5, 5.41) is 12.3. The van der Waals surface area contributed by atoms with Gasteiger partial charge in [0.25, 0.3) is 0 Å². The molecule has 0 heterocycles. The molecule has 0 aliphatic heterocycles. The van der Waals surface area contributed by atoms with Crippen molar-refractivity contribution in [1.29, 1.82) is 0 Å². The molecule has 0 aromatic heterocycles. The lowest BCUT2D eigenvalue weighted by Gasteiger charge is -2.23. The van der Waals surface area contributed by atoms with Crippen LogP contribution in [0.3, 0.4) is 0 Å². The molecule has 0 bridgehead atoms. The molecule has 1 unspecified atom stereocenters. The molecule has 0 saturated heterocycles. The van der Waals surface area contributed by atoms with E-state index in [0.717, 1.165) is 12.8 Å². The Kier molecular flexibility index (Phi) is 4.33. The standard InChI is InChI=1S/C16H24N2O2/c1-12-6-4-5-7-14(12)16(8-9-16)11-17-15(20)18(3)10-13(2)19/h4-7,13,19H,8-11H2,1-3H3,(H,17,20). The molecular weight excluding hydrogens is 252 g/mol. The second kappa shape index (κ2) is 5.83. The quantitative estimate of drug-likeness (QED) is 0.865. The van der Waals surface area contributed by atoms with E-state index in [0.29, 0.717) is 13.1 Å². The number of hydrogen-bond donors (Lipinski definition) is 2. The minimum Gasteiger partial charge on any atom is -0.392 e. The molecule has 1 aromatic carbocycles. The fourth-order valence-electron chi connectivity index (χ4n) is 2.72. The Balaban J connectivity index is 1.94. The lowest BCUT2D eigenvalue weighted by molar-refractivity contribution is 0.143. The van der Waals surface area contributed by atoms with Crippen LogP contribution < -0.4 is 5.32 Å². The van der Waals surface area contributed by atoms with E-state index >= 15 is 0 Å². The minimum atomic E-state index is -0.503. The second-order valence-corrected chi connectivity index (χ2v) is 5.98. The van der Waals surface area contributed by atoms with Gasteiger partial charge >= 0.3 is 6.03 Å². The number of benzene rings is 1. The van der Waals surface area contributed by atoms with Gasteiger partial charge in [-0.1, -0.05) is 24.3 Å². The normalized spacial score (nSPS) is 17.4. The molecule has 4 heteroatoms. The number of hydrogen-bond acceptors (Lipinski definition) is 2. The van der Waals surface area contributed by atoms with Crippen molar-refractivity contribution >= 4 is 6.03 Å². The fourth-order valence-corrected chi connectivity index (χ4v) is 2.72. The topological polar surface area (TPSA) is 52.6 Å². The monoisotopic (exact) mass is 276 g/mol. The number of rotatable bonds is 5. The number of likely N-dealkylation sites (N-methyl/N-ethyl adjacent to an activating group) is 1. The summed E-state index contributed by atoms with van der Waals surface area (Å²) in [6.07, 6.45) is 1.74. The average Bonchev–Trinajstić information content (AvgIpc) is 3.16. The number of carbonyl (C=O) groups excluding carboxylic acids is 1. The van der Waals surface area contributed by atoms with E-state index in [4.69, 9.17) is 0 Å². The van der Waals surface area contributed by atoms with Crippen molar-refractivity contribution in [2.75, 3.05) is 20.1 Å². The van der Waals surface area contributed by atoms with Crippen LogP contribution >= 0.6 is 0 Å². The summed E-state index contributed by atoms with van der Waals surface area (Å²) in [5.74, 6) is 0. The number of aryl methyl sites for hydroxylation is 1. The van der Waals surface area contributed by atoms with Crippen LogP contribution in [0.2, 0.25) is 0 Å². The van der Waals surface area contributed by atoms with E-state index in [9.17, 15) is 9.90 Å². The van der Waals surface area contributed by atoms with E-state index in [2.05, 4.69) is 30.4 Å². The minimum absolute atomic E-state index is 0.118. The maximum absolute atomic E-state index is 12.0. The van der Waals surface area contributed by atoms with E-state index in [1.54, 1.807) is 14.0 Å². The number of nitrogens with one attached hydrogen (secondary N) is 1. The van der Waals surface area contributed by atoms with Gasteiger partial charge in [-0.3, -0.25) is 0 Å². The maximum atomic E-state index is 12.0. The molecule has 110 valence electrons. The summed E-state index contributed by atoms with van der Waals surface area (Å²) in [5.41, 5.74) is 2.75. The first kappa shape index (κ1) is 14.9. The van der Waals surface area contributed by atoms with Gasteiger partial charge in [-0.15, -0.1) is 0 Å². The van der Waals surface area contributed by atoms with Crippen molar-refractivity contribution < 1.29 is 9.90 Å². The number of carbonyl (C=O) groups is 1. The summed E-state index contributed by atoms with van der Waals surface area (Å²) in [4.78, 5) is 13.5. The van der Waals surface area contributed by atoms with Gasteiger partial charge in [0.1, 0.15) is 0 Å². The van der Waals surface area contributed by atoms with Gasteiger partial charge in [0.15, 0.2) is 0 Å². The van der Waals surface area contributed by atoms with Gasteiger partial charge in [-0.25, -0.2) is 4.79 Å². The molecule has 1 atom stereocenters. The highest BCUT2D eigenvalue weighted by molar-refractivity contribution is 5.74. The van der Waals surface area contributed by atoms with Gasteiger partial charge < -0.3 is 15.3 Å². The Bertz CT molecular complexity index is 481. The Morgan fingerprint density at radius 1 is 1.45 bits per heavy atom. The first-order chi connectivity index (χ1) is 9.44. The van der Waals surface area contributed by atoms with E-state index in [-0.39, 0.29) is 11.4 Å². The fraction of sp³-hybridized carbons (Fsp3) is 0.562. The Morgan fingerprint density at radius 3 is 2.65 bits per heavy atom. The average molecular weight is 276 g/mol. The second-order valence-electron chi connectivity index (χ2n) is 5.98. The first-order valence-electron chi connectivity index (χ1n) is 7.18. The largest absolute Gasteiger partial charge is 0.392 e. The molecule has 2 N–H and O–H groups in total. The van der Waals surface area contributed by atoms with Crippen molar-refractivity contribution in [3.63, 3.8) is 0 Å². The van der Waals surface area contributed by atoms with Crippen LogP contribution in [0.15, 0.2) is 24.3 Å². The molecule has 1 aromatic rings. The molecule has 4 nitrogen and oxygen atoms in total. The molecule has 1 aliphatic rings. The van der Waals surface area contributed by atoms with Gasteiger partial charge in [-0.05, 0) is 37.8 Å². The zero-order valence-corrected chi connectivity index (χ0v) is 12.5. The summed E-state index contributed by atoms with van der Waals surface area (Å²) >= 11 is 0. The van der Waals surface area contributed by atoms with Crippen molar-refractivity contribution in [2.24, 2.45) is 0 Å². The third kappa shape index (κ3) is 3.31. The highest BCUT2D eigenvalue weighted by Crippen LogP contribution is 2.48. The predicted molar refractivity (Wildman–Crippen MR) is 79.8 cm³/mol. The summed E-state index contributed by atoms with van der Waals surface area (Å²) < 4.78 is 0. The molecule has 1 aliphatic carbocycles. The predicted octanol–water partition coefficient (Wildman–Crippen LogP) is 2.05. The van der Waals surface area contributed by atoms with E-state index < -0.39 is 6.10 Å². The Labute approximate surface area is 120 Å². The first-order valence-corrected chi connectivity index (χ1v) is 7.18. The summed E-state index contributed by atoms with van der Waals surface area (Å²) in [7, 11) is 1.70. The zero-order chi connectivity index (χ0) is 14.8. The zero-order valence-electron chi connectivity index (χ0n) is 12.5. The number of amides is 2. The van der Waals surface area contributed by atoms with Crippen molar-refractivity contribution in [1.82, 2.24) is 10.2 Å². The molecule has 1 saturated carbocycles. The van der Waals surface area contributed by atoms with Gasteiger partial charge in [0.05, 0.1) is 6.10 Å². The SMILES string of the molecule is Cc1ccccc1C1(CNC(=O)N(C)CC(C)O)CC1. The van der Waals surface area contributed by atoms with Crippen LogP contribution in [0.25, 0.3) is 0 Å². The van der Waals surface area contributed by atoms with Crippen molar-refractivity contribution in [2.45, 2.75) is 38.2 Å². The molecule has 2 amide bonds. The lowest BCUT2D eigenvalue weighted by Crippen LogP contribution is -2.43. The van der Waals surface area contributed by atoms with Gasteiger partial charge in [0, 0.05) is 25.6 Å². The molecule has 0 spiro atoms. The third-order valence-electron chi connectivity index (χ3n) is 4.03. The summed E-state index contributed by atoms with van der Waals surface area (Å²) in [6, 6.07) is 8.27.